The van der Waals surface area contributed by atoms with Crippen molar-refractivity contribution in [3.8, 4) is 0 Å². The van der Waals surface area contributed by atoms with Crippen molar-refractivity contribution in [3.05, 3.63) is 0 Å². The summed E-state index contributed by atoms with van der Waals surface area (Å²) in [5, 5.41) is 10.6. The molecule has 2 unspecified atom stereocenters. The largest absolute Gasteiger partial charge is 0.472 e. The Hall–Kier alpha value is -1.94. The van der Waals surface area contributed by atoms with Crippen LogP contribution in [0.3, 0.4) is 0 Å². The standard InChI is InChI=1S/C80H156O17P2/c1-6-9-12-15-18-21-24-25-26-27-28-29-30-31-32-33-34-41-46-51-56-61-66-80(85)97-76(70-91-78(83)64-59-54-49-44-40-36-35-39-42-47-52-57-62-73(4)5)72-95-99(88,89)93-68-74(81)67-92-98(86,87)94-71-75(96-79(84)65-60-55-50-45-38-23-20-17-14-11-8-3)69-90-77(82)63-58-53-48-43-37-22-19-16-13-10-7-2/h73-76,81H,6-72H2,1-5H3,(H,86,87)(H,88,89)/t74-,75+,76+/m0/s1. The van der Waals surface area contributed by atoms with E-state index in [1.54, 1.807) is 0 Å². The molecule has 3 N–H and O–H groups in total. The first-order chi connectivity index (χ1) is 48.0. The van der Waals surface area contributed by atoms with Gasteiger partial charge in [-0.2, -0.15) is 0 Å². The van der Waals surface area contributed by atoms with Gasteiger partial charge in [0.1, 0.15) is 19.3 Å². The van der Waals surface area contributed by atoms with Crippen LogP contribution in [0.4, 0.5) is 0 Å². The Labute approximate surface area is 607 Å². The molecule has 588 valence electrons. The number of carbonyl (C=O) groups excluding carboxylic acids is 4. The van der Waals surface area contributed by atoms with Gasteiger partial charge in [-0.1, -0.05) is 375 Å². The second-order valence-electron chi connectivity index (χ2n) is 29.3. The van der Waals surface area contributed by atoms with Crippen LogP contribution < -0.4 is 0 Å². The predicted molar refractivity (Wildman–Crippen MR) is 405 cm³/mol. The van der Waals surface area contributed by atoms with Crippen LogP contribution >= 0.6 is 15.6 Å². The fourth-order valence-electron chi connectivity index (χ4n) is 12.4. The average Bonchev–Trinajstić information content (AvgIpc) is 1.04. The number of rotatable bonds is 80. The molecule has 99 heavy (non-hydrogen) atoms. The van der Waals surface area contributed by atoms with Crippen molar-refractivity contribution in [2.45, 2.75) is 445 Å². The van der Waals surface area contributed by atoms with Gasteiger partial charge in [0, 0.05) is 25.7 Å². The SMILES string of the molecule is CCCCCCCCCCCCCCCCCCCCCCCCC(=O)O[C@H](COC(=O)CCCCCCCCCCCCCCC(C)C)COP(=O)(O)OC[C@@H](O)COP(=O)(O)OC[C@@H](COC(=O)CCCCCCCCCCCCC)OC(=O)CCCCCCCCCCCCC. The Bertz CT molecular complexity index is 1890. The number of ether oxygens (including phenoxy) is 4. The third-order valence-corrected chi connectivity index (χ3v) is 20.7. The summed E-state index contributed by atoms with van der Waals surface area (Å²) in [6.07, 6.45) is 63.9. The number of unbranched alkanes of at least 4 members (excludes halogenated alkanes) is 52. The molecule has 0 aliphatic carbocycles. The first kappa shape index (κ1) is 97.1. The molecular weight excluding hydrogens is 1290 g/mol. The van der Waals surface area contributed by atoms with Crippen LogP contribution in [0, 0.1) is 5.92 Å². The summed E-state index contributed by atoms with van der Waals surface area (Å²) in [4.78, 5) is 72.9. The fraction of sp³-hybridized carbons (Fsp3) is 0.950. The van der Waals surface area contributed by atoms with Gasteiger partial charge in [-0.25, -0.2) is 9.13 Å². The number of aliphatic hydroxyl groups is 1. The highest BCUT2D eigenvalue weighted by atomic mass is 31.2. The van der Waals surface area contributed by atoms with Crippen LogP contribution in [0.1, 0.15) is 426 Å². The van der Waals surface area contributed by atoms with Crippen LogP contribution in [-0.4, -0.2) is 96.7 Å². The Morgan fingerprint density at radius 1 is 0.273 bits per heavy atom. The summed E-state index contributed by atoms with van der Waals surface area (Å²) in [5.41, 5.74) is 0. The number of phosphoric ester groups is 2. The van der Waals surface area contributed by atoms with E-state index in [-0.39, 0.29) is 25.7 Å². The smallest absolute Gasteiger partial charge is 0.462 e. The number of phosphoric acid groups is 2. The summed E-state index contributed by atoms with van der Waals surface area (Å²) >= 11 is 0. The van der Waals surface area contributed by atoms with E-state index >= 15 is 0 Å². The molecule has 0 rings (SSSR count). The Kier molecular flexibility index (Phi) is 71.6. The minimum absolute atomic E-state index is 0.108. The van der Waals surface area contributed by atoms with Crippen molar-refractivity contribution in [2.75, 3.05) is 39.6 Å². The zero-order chi connectivity index (χ0) is 72.7. The van der Waals surface area contributed by atoms with E-state index in [0.29, 0.717) is 25.7 Å². The number of aliphatic hydroxyl groups excluding tert-OH is 1. The van der Waals surface area contributed by atoms with Crippen LogP contribution in [0.5, 0.6) is 0 Å². The number of carbonyl (C=O) groups is 4. The summed E-state index contributed by atoms with van der Waals surface area (Å²) in [5.74, 6) is -1.33. The highest BCUT2D eigenvalue weighted by Crippen LogP contribution is 2.45. The quantitative estimate of drug-likeness (QED) is 0.0222. The highest BCUT2D eigenvalue weighted by Gasteiger charge is 2.30. The maximum atomic E-state index is 13.1. The van der Waals surface area contributed by atoms with Gasteiger partial charge < -0.3 is 33.8 Å². The zero-order valence-corrected chi connectivity index (χ0v) is 66.4. The molecule has 5 atom stereocenters. The number of esters is 4. The molecule has 0 bridgehead atoms. The molecule has 17 nitrogen and oxygen atoms in total. The minimum atomic E-state index is -4.96. The summed E-state index contributed by atoms with van der Waals surface area (Å²) < 4.78 is 68.6. The molecule has 0 saturated carbocycles. The lowest BCUT2D eigenvalue weighted by atomic mass is 10.0. The van der Waals surface area contributed by atoms with E-state index in [0.717, 1.165) is 95.8 Å². The number of hydrogen-bond donors (Lipinski definition) is 3. The lowest BCUT2D eigenvalue weighted by Crippen LogP contribution is -2.30. The molecule has 0 aromatic carbocycles. The Morgan fingerprint density at radius 3 is 0.687 bits per heavy atom. The average molecular weight is 1450 g/mol. The molecule has 0 aliphatic heterocycles. The van der Waals surface area contributed by atoms with Crippen molar-refractivity contribution >= 4 is 39.5 Å². The van der Waals surface area contributed by atoms with Crippen molar-refractivity contribution in [3.63, 3.8) is 0 Å². The van der Waals surface area contributed by atoms with Crippen LogP contribution in [-0.2, 0) is 65.4 Å². The van der Waals surface area contributed by atoms with Crippen molar-refractivity contribution < 1.29 is 80.2 Å². The van der Waals surface area contributed by atoms with Gasteiger partial charge in [0.25, 0.3) is 0 Å². The van der Waals surface area contributed by atoms with Crippen LogP contribution in [0.25, 0.3) is 0 Å². The van der Waals surface area contributed by atoms with Gasteiger partial charge in [0.2, 0.25) is 0 Å². The van der Waals surface area contributed by atoms with Crippen molar-refractivity contribution in [1.29, 1.82) is 0 Å². The van der Waals surface area contributed by atoms with Gasteiger partial charge in [-0.05, 0) is 31.6 Å². The molecular formula is C80H156O17P2. The normalized spacial score (nSPS) is 13.9. The Morgan fingerprint density at radius 2 is 0.465 bits per heavy atom. The molecule has 0 aromatic heterocycles. The maximum Gasteiger partial charge on any atom is 0.472 e. The monoisotopic (exact) mass is 1450 g/mol. The van der Waals surface area contributed by atoms with E-state index in [9.17, 15) is 43.2 Å². The maximum absolute atomic E-state index is 13.1. The van der Waals surface area contributed by atoms with E-state index in [2.05, 4.69) is 34.6 Å². The molecule has 0 amide bonds. The van der Waals surface area contributed by atoms with Crippen LogP contribution in [0.2, 0.25) is 0 Å². The van der Waals surface area contributed by atoms with E-state index in [1.165, 1.54) is 250 Å². The number of hydrogen-bond acceptors (Lipinski definition) is 15. The van der Waals surface area contributed by atoms with Gasteiger partial charge in [-0.15, -0.1) is 0 Å². The van der Waals surface area contributed by atoms with E-state index in [1.807, 2.05) is 0 Å². The minimum Gasteiger partial charge on any atom is -0.462 e. The lowest BCUT2D eigenvalue weighted by Gasteiger charge is -2.21. The van der Waals surface area contributed by atoms with Crippen molar-refractivity contribution in [1.82, 2.24) is 0 Å². The van der Waals surface area contributed by atoms with Crippen molar-refractivity contribution in [2.24, 2.45) is 5.92 Å². The second-order valence-corrected chi connectivity index (χ2v) is 32.2. The molecule has 0 saturated heterocycles. The first-order valence-electron chi connectivity index (χ1n) is 41.6. The van der Waals surface area contributed by atoms with Gasteiger partial charge in [-0.3, -0.25) is 37.3 Å². The van der Waals surface area contributed by atoms with Crippen LogP contribution in [0.15, 0.2) is 0 Å². The summed E-state index contributed by atoms with van der Waals surface area (Å²) in [6, 6.07) is 0. The highest BCUT2D eigenvalue weighted by molar-refractivity contribution is 7.47. The zero-order valence-electron chi connectivity index (χ0n) is 64.6. The molecule has 0 heterocycles. The summed E-state index contributed by atoms with van der Waals surface area (Å²) in [6.45, 7) is 7.32. The molecule has 0 aromatic rings. The first-order valence-corrected chi connectivity index (χ1v) is 44.6. The Balaban J connectivity index is 5.19. The van der Waals surface area contributed by atoms with E-state index in [4.69, 9.17) is 37.0 Å². The molecule has 0 radical (unpaired) electrons. The molecule has 0 aliphatic rings. The molecule has 0 fully saturated rings. The van der Waals surface area contributed by atoms with Gasteiger partial charge in [0.05, 0.1) is 26.4 Å². The topological polar surface area (TPSA) is 237 Å². The van der Waals surface area contributed by atoms with E-state index < -0.39 is 97.5 Å². The molecule has 0 spiro atoms. The lowest BCUT2D eigenvalue weighted by molar-refractivity contribution is -0.161. The second kappa shape index (κ2) is 73.0. The fourth-order valence-corrected chi connectivity index (χ4v) is 14.0. The van der Waals surface area contributed by atoms with Gasteiger partial charge in [0.15, 0.2) is 12.2 Å². The van der Waals surface area contributed by atoms with Gasteiger partial charge >= 0.3 is 39.5 Å². The predicted octanol–water partition coefficient (Wildman–Crippen LogP) is 24.0. The summed E-state index contributed by atoms with van der Waals surface area (Å²) in [7, 11) is -9.91. The molecule has 19 heteroatoms. The third kappa shape index (κ3) is 74.1. The third-order valence-electron chi connectivity index (χ3n) is 18.8.